The van der Waals surface area contributed by atoms with Gasteiger partial charge in [0.15, 0.2) is 0 Å². The second-order valence-electron chi connectivity index (χ2n) is 5.02. The highest BCUT2D eigenvalue weighted by atomic mass is 16.2. The van der Waals surface area contributed by atoms with Gasteiger partial charge in [-0.3, -0.25) is 9.36 Å². The predicted molar refractivity (Wildman–Crippen MR) is 65.9 cm³/mol. The van der Waals surface area contributed by atoms with E-state index >= 15 is 0 Å². The molecular formula is C12H19N3O2. The van der Waals surface area contributed by atoms with E-state index < -0.39 is 0 Å². The number of hydrogen-bond donors (Lipinski definition) is 1. The van der Waals surface area contributed by atoms with Gasteiger partial charge in [0.25, 0.3) is 5.56 Å². The summed E-state index contributed by atoms with van der Waals surface area (Å²) in [7, 11) is 3.17. The van der Waals surface area contributed by atoms with E-state index in [0.29, 0.717) is 12.1 Å². The molecule has 5 nitrogen and oxygen atoms in total. The van der Waals surface area contributed by atoms with Crippen molar-refractivity contribution in [2.75, 3.05) is 6.54 Å². The molecular weight excluding hydrogens is 218 g/mol. The Bertz CT molecular complexity index is 530. The first-order valence-electron chi connectivity index (χ1n) is 5.97. The zero-order chi connectivity index (χ0) is 12.6. The fourth-order valence-electron chi connectivity index (χ4n) is 2.08. The normalized spacial score (nSPS) is 22.8. The second kappa shape index (κ2) is 4.49. The van der Waals surface area contributed by atoms with Crippen LogP contribution in [0.4, 0.5) is 0 Å². The molecule has 2 rings (SSSR count). The largest absolute Gasteiger partial charge is 0.330 e. The summed E-state index contributed by atoms with van der Waals surface area (Å²) in [4.78, 5) is 23.3. The van der Waals surface area contributed by atoms with Crippen LogP contribution >= 0.6 is 0 Å². The average molecular weight is 237 g/mol. The maximum Gasteiger partial charge on any atom is 0.330 e. The van der Waals surface area contributed by atoms with Gasteiger partial charge in [0.05, 0.1) is 0 Å². The van der Waals surface area contributed by atoms with E-state index in [0.717, 1.165) is 22.9 Å². The van der Waals surface area contributed by atoms with Crippen molar-refractivity contribution in [1.82, 2.24) is 14.5 Å². The van der Waals surface area contributed by atoms with Crippen LogP contribution in [0.3, 0.4) is 0 Å². The first kappa shape index (κ1) is 12.1. The molecule has 1 heterocycles. The molecule has 1 aliphatic carbocycles. The van der Waals surface area contributed by atoms with E-state index in [1.165, 1.54) is 18.0 Å². The highest BCUT2D eigenvalue weighted by molar-refractivity contribution is 5.05. The van der Waals surface area contributed by atoms with E-state index in [-0.39, 0.29) is 11.2 Å². The van der Waals surface area contributed by atoms with Gasteiger partial charge in [-0.1, -0.05) is 6.92 Å². The third-order valence-electron chi connectivity index (χ3n) is 3.52. The van der Waals surface area contributed by atoms with Crippen molar-refractivity contribution in [2.45, 2.75) is 19.9 Å². The Morgan fingerprint density at radius 2 is 2.06 bits per heavy atom. The monoisotopic (exact) mass is 237 g/mol. The summed E-state index contributed by atoms with van der Waals surface area (Å²) in [5.41, 5.74) is 0.155. The smallest absolute Gasteiger partial charge is 0.312 e. The van der Waals surface area contributed by atoms with Gasteiger partial charge in [0.1, 0.15) is 0 Å². The minimum absolute atomic E-state index is 0.204. The topological polar surface area (TPSA) is 56.0 Å². The molecule has 0 radical (unpaired) electrons. The highest BCUT2D eigenvalue weighted by Crippen LogP contribution is 2.36. The van der Waals surface area contributed by atoms with Crippen molar-refractivity contribution in [1.29, 1.82) is 0 Å². The molecule has 5 heteroatoms. The van der Waals surface area contributed by atoms with E-state index in [4.69, 9.17) is 0 Å². The molecule has 0 aromatic carbocycles. The van der Waals surface area contributed by atoms with Gasteiger partial charge < -0.3 is 9.88 Å². The van der Waals surface area contributed by atoms with Gasteiger partial charge in [-0.15, -0.1) is 0 Å². The third-order valence-corrected chi connectivity index (χ3v) is 3.52. The number of hydrogen-bond acceptors (Lipinski definition) is 3. The van der Waals surface area contributed by atoms with Crippen LogP contribution in [0.15, 0.2) is 15.8 Å². The minimum Gasteiger partial charge on any atom is -0.312 e. The maximum absolute atomic E-state index is 11.8. The van der Waals surface area contributed by atoms with Crippen molar-refractivity contribution in [2.24, 2.45) is 25.9 Å². The van der Waals surface area contributed by atoms with Crippen molar-refractivity contribution in [3.63, 3.8) is 0 Å². The molecule has 2 atom stereocenters. The van der Waals surface area contributed by atoms with Crippen LogP contribution in [0.2, 0.25) is 0 Å². The zero-order valence-electron chi connectivity index (χ0n) is 10.6. The summed E-state index contributed by atoms with van der Waals surface area (Å²) in [6.45, 7) is 3.72. The molecule has 2 unspecified atom stereocenters. The van der Waals surface area contributed by atoms with E-state index in [2.05, 4.69) is 12.2 Å². The van der Waals surface area contributed by atoms with Crippen LogP contribution in [0.1, 0.15) is 18.9 Å². The van der Waals surface area contributed by atoms with Gasteiger partial charge in [0, 0.05) is 32.4 Å². The Kier molecular flexibility index (Phi) is 3.19. The number of aryl methyl sites for hydroxylation is 1. The summed E-state index contributed by atoms with van der Waals surface area (Å²) >= 11 is 0. The summed E-state index contributed by atoms with van der Waals surface area (Å²) in [6, 6.07) is 0. The summed E-state index contributed by atoms with van der Waals surface area (Å²) in [5.74, 6) is 1.57. The van der Waals surface area contributed by atoms with Gasteiger partial charge in [-0.25, -0.2) is 4.79 Å². The van der Waals surface area contributed by atoms with Crippen LogP contribution in [-0.2, 0) is 20.6 Å². The summed E-state index contributed by atoms with van der Waals surface area (Å²) in [6.07, 6.45) is 2.90. The van der Waals surface area contributed by atoms with Crippen molar-refractivity contribution in [3.8, 4) is 0 Å². The first-order valence-corrected chi connectivity index (χ1v) is 5.97. The SMILES string of the molecule is CC1CC1CNCc1cn(C)c(=O)n(C)c1=O. The van der Waals surface area contributed by atoms with Gasteiger partial charge >= 0.3 is 5.69 Å². The van der Waals surface area contributed by atoms with Gasteiger partial charge in [-0.2, -0.15) is 0 Å². The van der Waals surface area contributed by atoms with Crippen LogP contribution in [-0.4, -0.2) is 15.7 Å². The molecule has 0 aliphatic heterocycles. The zero-order valence-corrected chi connectivity index (χ0v) is 10.6. The molecule has 1 saturated carbocycles. The number of aromatic nitrogens is 2. The van der Waals surface area contributed by atoms with E-state index in [1.54, 1.807) is 13.2 Å². The Balaban J connectivity index is 2.05. The number of nitrogens with one attached hydrogen (secondary N) is 1. The minimum atomic E-state index is -0.283. The Labute approximate surface area is 100 Å². The lowest BCUT2D eigenvalue weighted by molar-refractivity contribution is 0.591. The molecule has 0 bridgehead atoms. The van der Waals surface area contributed by atoms with Crippen LogP contribution in [0.5, 0.6) is 0 Å². The molecule has 17 heavy (non-hydrogen) atoms. The molecule has 1 fully saturated rings. The van der Waals surface area contributed by atoms with Crippen LogP contribution in [0, 0.1) is 11.8 Å². The molecule has 94 valence electrons. The molecule has 1 aromatic rings. The lowest BCUT2D eigenvalue weighted by atomic mass is 10.3. The second-order valence-corrected chi connectivity index (χ2v) is 5.02. The van der Waals surface area contributed by atoms with Gasteiger partial charge in [-0.05, 0) is 24.8 Å². The third kappa shape index (κ3) is 2.49. The van der Waals surface area contributed by atoms with E-state index in [1.807, 2.05) is 0 Å². The fraction of sp³-hybridized carbons (Fsp3) is 0.667. The lowest BCUT2D eigenvalue weighted by Gasteiger charge is -2.07. The van der Waals surface area contributed by atoms with Crippen LogP contribution < -0.4 is 16.6 Å². The van der Waals surface area contributed by atoms with Crippen molar-refractivity contribution in [3.05, 3.63) is 32.6 Å². The number of rotatable bonds is 4. The molecule has 0 amide bonds. The molecule has 0 saturated heterocycles. The molecule has 1 N–H and O–H groups in total. The summed E-state index contributed by atoms with van der Waals surface area (Å²) in [5, 5.41) is 3.28. The molecule has 1 aromatic heterocycles. The quantitative estimate of drug-likeness (QED) is 0.791. The average Bonchev–Trinajstić information content (AvgIpc) is 2.99. The Morgan fingerprint density at radius 3 is 2.65 bits per heavy atom. The molecule has 1 aliphatic rings. The predicted octanol–water partition coefficient (Wildman–Crippen LogP) is -0.170. The lowest BCUT2D eigenvalue weighted by Crippen LogP contribution is -2.39. The number of nitrogens with zero attached hydrogens (tertiary/aromatic N) is 2. The first-order chi connectivity index (χ1) is 8.00. The summed E-state index contributed by atoms with van der Waals surface area (Å²) < 4.78 is 2.59. The fourth-order valence-corrected chi connectivity index (χ4v) is 2.08. The van der Waals surface area contributed by atoms with Crippen molar-refractivity contribution < 1.29 is 0 Å². The Hall–Kier alpha value is -1.36. The van der Waals surface area contributed by atoms with E-state index in [9.17, 15) is 9.59 Å². The van der Waals surface area contributed by atoms with Gasteiger partial charge in [0.2, 0.25) is 0 Å². The maximum atomic E-state index is 11.8. The van der Waals surface area contributed by atoms with Crippen LogP contribution in [0.25, 0.3) is 0 Å². The molecule has 0 spiro atoms. The Morgan fingerprint density at radius 1 is 1.41 bits per heavy atom. The standard InChI is InChI=1S/C12H19N3O2/c1-8-4-9(8)5-13-6-10-7-14(2)12(17)15(3)11(10)16/h7-9,13H,4-6H2,1-3H3. The highest BCUT2D eigenvalue weighted by Gasteiger charge is 2.31. The van der Waals surface area contributed by atoms with Crippen molar-refractivity contribution >= 4 is 0 Å².